The maximum absolute atomic E-state index is 11.8. The Kier molecular flexibility index (Phi) is 3.95. The van der Waals surface area contributed by atoms with Gasteiger partial charge in [0.15, 0.2) is 9.84 Å². The molecule has 0 amide bonds. The van der Waals surface area contributed by atoms with Crippen molar-refractivity contribution in [1.29, 1.82) is 0 Å². The van der Waals surface area contributed by atoms with E-state index in [0.717, 1.165) is 25.7 Å². The number of nitrogens with two attached hydrogens (primary N) is 1. The van der Waals surface area contributed by atoms with Crippen molar-refractivity contribution < 1.29 is 8.42 Å². The molecular weight excluding hydrogens is 198 g/mol. The second kappa shape index (κ2) is 4.62. The molecule has 1 aliphatic rings. The zero-order valence-corrected chi connectivity index (χ0v) is 9.89. The van der Waals surface area contributed by atoms with Crippen LogP contribution in [0.2, 0.25) is 0 Å². The number of rotatable bonds is 3. The quantitative estimate of drug-likeness (QED) is 0.779. The van der Waals surface area contributed by atoms with Crippen LogP contribution in [0.5, 0.6) is 0 Å². The number of sulfone groups is 1. The van der Waals surface area contributed by atoms with Crippen molar-refractivity contribution in [3.8, 4) is 0 Å². The predicted molar refractivity (Wildman–Crippen MR) is 58.9 cm³/mol. The van der Waals surface area contributed by atoms with Gasteiger partial charge >= 0.3 is 0 Å². The standard InChI is InChI=1S/C10H21NO2S/c1-3-6-14(12,13)9-4-5-10(11)8(2)7-9/h8-10H,3-7,11H2,1-2H3. The Labute approximate surface area is 87.0 Å². The molecule has 1 rings (SSSR count). The number of hydrogen-bond donors (Lipinski definition) is 1. The van der Waals surface area contributed by atoms with E-state index in [0.29, 0.717) is 11.7 Å². The van der Waals surface area contributed by atoms with Gasteiger partial charge in [0.1, 0.15) is 0 Å². The second-order valence-electron chi connectivity index (χ2n) is 4.44. The summed E-state index contributed by atoms with van der Waals surface area (Å²) in [5.41, 5.74) is 5.86. The van der Waals surface area contributed by atoms with E-state index in [1.165, 1.54) is 0 Å². The van der Waals surface area contributed by atoms with Crippen molar-refractivity contribution in [3.63, 3.8) is 0 Å². The van der Waals surface area contributed by atoms with E-state index in [2.05, 4.69) is 6.92 Å². The topological polar surface area (TPSA) is 60.2 Å². The summed E-state index contributed by atoms with van der Waals surface area (Å²) >= 11 is 0. The maximum Gasteiger partial charge on any atom is 0.153 e. The lowest BCUT2D eigenvalue weighted by Crippen LogP contribution is -2.40. The van der Waals surface area contributed by atoms with Crippen LogP contribution in [0.1, 0.15) is 39.5 Å². The van der Waals surface area contributed by atoms with Gasteiger partial charge in [0, 0.05) is 6.04 Å². The molecule has 1 saturated carbocycles. The average molecular weight is 219 g/mol. The highest BCUT2D eigenvalue weighted by Gasteiger charge is 2.32. The van der Waals surface area contributed by atoms with Crippen LogP contribution in [0.4, 0.5) is 0 Å². The van der Waals surface area contributed by atoms with E-state index in [-0.39, 0.29) is 11.3 Å². The summed E-state index contributed by atoms with van der Waals surface area (Å²) in [5, 5.41) is -0.128. The Bertz CT molecular complexity index is 274. The second-order valence-corrected chi connectivity index (χ2v) is 6.84. The van der Waals surface area contributed by atoms with Crippen LogP contribution in [0.25, 0.3) is 0 Å². The summed E-state index contributed by atoms with van der Waals surface area (Å²) in [4.78, 5) is 0. The van der Waals surface area contributed by atoms with Crippen molar-refractivity contribution in [2.45, 2.75) is 50.8 Å². The molecule has 14 heavy (non-hydrogen) atoms. The fraction of sp³-hybridized carbons (Fsp3) is 1.00. The molecule has 0 bridgehead atoms. The van der Waals surface area contributed by atoms with E-state index < -0.39 is 9.84 Å². The first-order valence-corrected chi connectivity index (χ1v) is 7.16. The average Bonchev–Trinajstić information content (AvgIpc) is 2.09. The third kappa shape index (κ3) is 2.70. The van der Waals surface area contributed by atoms with Crippen LogP contribution < -0.4 is 5.73 Å². The van der Waals surface area contributed by atoms with E-state index in [1.54, 1.807) is 0 Å². The minimum Gasteiger partial charge on any atom is -0.327 e. The molecule has 1 fully saturated rings. The van der Waals surface area contributed by atoms with Gasteiger partial charge in [-0.05, 0) is 31.6 Å². The minimum absolute atomic E-state index is 0.128. The van der Waals surface area contributed by atoms with Crippen LogP contribution in [-0.4, -0.2) is 25.5 Å². The molecule has 84 valence electrons. The Morgan fingerprint density at radius 3 is 2.50 bits per heavy atom. The SMILES string of the molecule is CCCS(=O)(=O)C1CCC(N)C(C)C1. The molecule has 0 radical (unpaired) electrons. The molecule has 0 saturated heterocycles. The van der Waals surface area contributed by atoms with E-state index >= 15 is 0 Å². The lowest BCUT2D eigenvalue weighted by molar-refractivity contribution is 0.330. The zero-order valence-electron chi connectivity index (χ0n) is 9.07. The van der Waals surface area contributed by atoms with Gasteiger partial charge < -0.3 is 5.73 Å². The van der Waals surface area contributed by atoms with Crippen molar-refractivity contribution in [1.82, 2.24) is 0 Å². The molecule has 0 aliphatic heterocycles. The van der Waals surface area contributed by atoms with Crippen LogP contribution in [0, 0.1) is 5.92 Å². The third-order valence-electron chi connectivity index (χ3n) is 3.18. The normalized spacial score (nSPS) is 34.4. The molecule has 0 heterocycles. The van der Waals surface area contributed by atoms with Crippen molar-refractivity contribution in [3.05, 3.63) is 0 Å². The van der Waals surface area contributed by atoms with Gasteiger partial charge in [-0.25, -0.2) is 8.42 Å². The van der Waals surface area contributed by atoms with Crippen LogP contribution in [0.3, 0.4) is 0 Å². The van der Waals surface area contributed by atoms with Gasteiger partial charge in [-0.2, -0.15) is 0 Å². The maximum atomic E-state index is 11.8. The predicted octanol–water partition coefficient (Wildman–Crippen LogP) is 1.33. The van der Waals surface area contributed by atoms with Gasteiger partial charge in [-0.1, -0.05) is 13.8 Å². The largest absolute Gasteiger partial charge is 0.327 e. The van der Waals surface area contributed by atoms with Crippen LogP contribution in [-0.2, 0) is 9.84 Å². The lowest BCUT2D eigenvalue weighted by atomic mass is 9.86. The summed E-state index contributed by atoms with van der Waals surface area (Å²) in [5.74, 6) is 0.681. The summed E-state index contributed by atoms with van der Waals surface area (Å²) in [6, 6.07) is 0.197. The van der Waals surface area contributed by atoms with Crippen LogP contribution in [0.15, 0.2) is 0 Å². The zero-order chi connectivity index (χ0) is 10.8. The molecule has 0 aromatic rings. The summed E-state index contributed by atoms with van der Waals surface area (Å²) in [6.07, 6.45) is 3.09. The highest BCUT2D eigenvalue weighted by atomic mass is 32.2. The first-order chi connectivity index (χ1) is 6.47. The first kappa shape index (κ1) is 12.0. The van der Waals surface area contributed by atoms with Crippen molar-refractivity contribution in [2.24, 2.45) is 11.7 Å². The molecule has 3 nitrogen and oxygen atoms in total. The molecule has 2 N–H and O–H groups in total. The first-order valence-electron chi connectivity index (χ1n) is 5.44. The fourth-order valence-corrected chi connectivity index (χ4v) is 4.14. The van der Waals surface area contributed by atoms with E-state index in [4.69, 9.17) is 5.73 Å². The molecule has 1 aliphatic carbocycles. The molecule has 0 aromatic carbocycles. The smallest absolute Gasteiger partial charge is 0.153 e. The van der Waals surface area contributed by atoms with E-state index in [9.17, 15) is 8.42 Å². The lowest BCUT2D eigenvalue weighted by Gasteiger charge is -2.31. The number of hydrogen-bond acceptors (Lipinski definition) is 3. The molecule has 3 unspecified atom stereocenters. The van der Waals surface area contributed by atoms with Gasteiger partial charge in [0.2, 0.25) is 0 Å². The van der Waals surface area contributed by atoms with Gasteiger partial charge in [-0.15, -0.1) is 0 Å². The molecule has 0 spiro atoms. The van der Waals surface area contributed by atoms with E-state index in [1.807, 2.05) is 6.92 Å². The summed E-state index contributed by atoms with van der Waals surface area (Å²) in [6.45, 7) is 3.97. The Balaban J connectivity index is 2.63. The molecular formula is C10H21NO2S. The fourth-order valence-electron chi connectivity index (χ4n) is 2.15. The van der Waals surface area contributed by atoms with Gasteiger partial charge in [0.25, 0.3) is 0 Å². The third-order valence-corrected chi connectivity index (χ3v) is 5.61. The van der Waals surface area contributed by atoms with Crippen molar-refractivity contribution in [2.75, 3.05) is 5.75 Å². The van der Waals surface area contributed by atoms with Gasteiger partial charge in [0.05, 0.1) is 11.0 Å². The summed E-state index contributed by atoms with van der Waals surface area (Å²) in [7, 11) is -2.85. The highest BCUT2D eigenvalue weighted by Crippen LogP contribution is 2.28. The Morgan fingerprint density at radius 2 is 2.00 bits per heavy atom. The molecule has 4 heteroatoms. The Hall–Kier alpha value is -0.0900. The van der Waals surface area contributed by atoms with Gasteiger partial charge in [-0.3, -0.25) is 0 Å². The molecule has 0 aromatic heterocycles. The minimum atomic E-state index is -2.85. The molecule has 3 atom stereocenters. The van der Waals surface area contributed by atoms with Crippen LogP contribution >= 0.6 is 0 Å². The summed E-state index contributed by atoms with van der Waals surface area (Å²) < 4.78 is 23.6. The monoisotopic (exact) mass is 219 g/mol. The highest BCUT2D eigenvalue weighted by molar-refractivity contribution is 7.92. The Morgan fingerprint density at radius 1 is 1.36 bits per heavy atom. The van der Waals surface area contributed by atoms with Crippen molar-refractivity contribution >= 4 is 9.84 Å².